The fraction of sp³-hybridized carbons (Fsp3) is 0.278. The van der Waals surface area contributed by atoms with E-state index in [0.717, 1.165) is 6.07 Å². The zero-order valence-corrected chi connectivity index (χ0v) is 15.1. The molecule has 0 bridgehead atoms. The lowest BCUT2D eigenvalue weighted by Crippen LogP contribution is -2.49. The molecule has 3 heterocycles. The molecule has 150 valence electrons. The van der Waals surface area contributed by atoms with Crippen LogP contribution in [0.15, 0.2) is 49.3 Å². The number of nitrogens with zero attached hydrogens (tertiary/aromatic N) is 7. The van der Waals surface area contributed by atoms with Crippen LogP contribution in [-0.4, -0.2) is 61.7 Å². The van der Waals surface area contributed by atoms with E-state index in [9.17, 15) is 18.0 Å². The van der Waals surface area contributed by atoms with Crippen LogP contribution < -0.4 is 4.90 Å². The molecule has 0 N–H and O–H groups in total. The molecule has 1 aliphatic heterocycles. The molecule has 1 aliphatic rings. The van der Waals surface area contributed by atoms with Crippen LogP contribution in [0.5, 0.6) is 0 Å². The molecule has 0 unspecified atom stereocenters. The monoisotopic (exact) mass is 403 g/mol. The molecule has 0 saturated carbocycles. The number of piperazine rings is 1. The Kier molecular flexibility index (Phi) is 4.87. The Balaban J connectivity index is 1.47. The molecule has 29 heavy (non-hydrogen) atoms. The fourth-order valence-electron chi connectivity index (χ4n) is 3.19. The molecule has 1 fully saturated rings. The summed E-state index contributed by atoms with van der Waals surface area (Å²) in [4.78, 5) is 28.3. The highest BCUT2D eigenvalue weighted by atomic mass is 19.4. The van der Waals surface area contributed by atoms with Crippen molar-refractivity contribution in [2.24, 2.45) is 0 Å². The van der Waals surface area contributed by atoms with Gasteiger partial charge in [0.2, 0.25) is 0 Å². The van der Waals surface area contributed by atoms with Gasteiger partial charge >= 0.3 is 6.18 Å². The second kappa shape index (κ2) is 7.49. The number of alkyl halides is 3. The molecule has 2 aromatic heterocycles. The van der Waals surface area contributed by atoms with Gasteiger partial charge in [0, 0.05) is 32.2 Å². The van der Waals surface area contributed by atoms with Crippen molar-refractivity contribution in [3.05, 3.63) is 60.4 Å². The molecular weight excluding hydrogens is 387 g/mol. The molecule has 1 saturated heterocycles. The molecular formula is C18H16F3N7O. The first-order valence-electron chi connectivity index (χ1n) is 8.81. The third-order valence-corrected chi connectivity index (χ3v) is 4.65. The van der Waals surface area contributed by atoms with Crippen LogP contribution >= 0.6 is 0 Å². The Morgan fingerprint density at radius 1 is 0.966 bits per heavy atom. The van der Waals surface area contributed by atoms with E-state index in [0.29, 0.717) is 24.7 Å². The van der Waals surface area contributed by atoms with Crippen molar-refractivity contribution >= 4 is 11.7 Å². The number of rotatable bonds is 3. The van der Waals surface area contributed by atoms with Crippen LogP contribution in [0.25, 0.3) is 5.82 Å². The quantitative estimate of drug-likeness (QED) is 0.666. The number of carbonyl (C=O) groups excluding carboxylic acids is 1. The zero-order chi connectivity index (χ0) is 20.4. The average molecular weight is 403 g/mol. The highest BCUT2D eigenvalue weighted by Crippen LogP contribution is 2.32. The number of halogens is 3. The normalized spacial score (nSPS) is 14.9. The highest BCUT2D eigenvalue weighted by Gasteiger charge is 2.36. The van der Waals surface area contributed by atoms with Crippen molar-refractivity contribution in [1.82, 2.24) is 29.6 Å². The van der Waals surface area contributed by atoms with Crippen molar-refractivity contribution in [3.63, 3.8) is 0 Å². The van der Waals surface area contributed by atoms with Gasteiger partial charge in [0.05, 0.1) is 11.1 Å². The number of hydrogen-bond donors (Lipinski definition) is 0. The molecule has 3 aromatic rings. The van der Waals surface area contributed by atoms with Crippen molar-refractivity contribution in [1.29, 1.82) is 0 Å². The summed E-state index contributed by atoms with van der Waals surface area (Å²) in [7, 11) is 0. The molecule has 8 nitrogen and oxygen atoms in total. The molecule has 11 heteroatoms. The van der Waals surface area contributed by atoms with Crippen LogP contribution in [0, 0.1) is 0 Å². The van der Waals surface area contributed by atoms with Crippen LogP contribution in [0.2, 0.25) is 0 Å². The Morgan fingerprint density at radius 3 is 2.38 bits per heavy atom. The topological polar surface area (TPSA) is 80.0 Å². The Labute approximate surface area is 163 Å². The number of carbonyl (C=O) groups is 1. The summed E-state index contributed by atoms with van der Waals surface area (Å²) in [5.41, 5.74) is -1.25. The first-order chi connectivity index (χ1) is 13.9. The van der Waals surface area contributed by atoms with Gasteiger partial charge in [-0.05, 0) is 12.1 Å². The molecule has 1 aromatic carbocycles. The molecule has 0 radical (unpaired) electrons. The van der Waals surface area contributed by atoms with Gasteiger partial charge < -0.3 is 9.80 Å². The molecule has 1 amide bonds. The SMILES string of the molecule is O=C(c1ccccc1C(F)(F)F)N1CCN(c2cc(-n3cncn3)ncn2)CC1. The first kappa shape index (κ1) is 18.8. The average Bonchev–Trinajstić information content (AvgIpc) is 3.28. The standard InChI is InChI=1S/C18H16F3N7O/c19-18(20,21)14-4-2-1-3-13(14)17(29)27-7-5-26(6-8-27)15-9-16(24-11-23-15)28-12-22-10-25-28/h1-4,9-12H,5-8H2. The zero-order valence-electron chi connectivity index (χ0n) is 15.1. The largest absolute Gasteiger partial charge is 0.417 e. The van der Waals surface area contributed by atoms with Gasteiger partial charge in [-0.3, -0.25) is 4.79 Å². The summed E-state index contributed by atoms with van der Waals surface area (Å²) in [5, 5.41) is 4.02. The highest BCUT2D eigenvalue weighted by molar-refractivity contribution is 5.96. The number of aromatic nitrogens is 5. The van der Waals surface area contributed by atoms with E-state index >= 15 is 0 Å². The summed E-state index contributed by atoms with van der Waals surface area (Å²) in [6.07, 6.45) is -0.262. The van der Waals surface area contributed by atoms with Gasteiger partial charge in [-0.1, -0.05) is 12.1 Å². The number of amides is 1. The number of benzene rings is 1. The predicted octanol–water partition coefficient (Wildman–Crippen LogP) is 2.04. The van der Waals surface area contributed by atoms with E-state index in [1.807, 2.05) is 4.90 Å². The summed E-state index contributed by atoms with van der Waals surface area (Å²) in [6.45, 7) is 1.45. The maximum Gasteiger partial charge on any atom is 0.417 e. The van der Waals surface area contributed by atoms with Crippen LogP contribution in [0.3, 0.4) is 0 Å². The van der Waals surface area contributed by atoms with Crippen molar-refractivity contribution < 1.29 is 18.0 Å². The number of hydrogen-bond acceptors (Lipinski definition) is 6. The van der Waals surface area contributed by atoms with Crippen LogP contribution in [-0.2, 0) is 6.18 Å². The molecule has 0 aliphatic carbocycles. The maximum absolute atomic E-state index is 13.2. The van der Waals surface area contributed by atoms with Gasteiger partial charge in [-0.15, -0.1) is 0 Å². The van der Waals surface area contributed by atoms with Crippen molar-refractivity contribution in [2.45, 2.75) is 6.18 Å². The van der Waals surface area contributed by atoms with Crippen LogP contribution in [0.4, 0.5) is 19.0 Å². The summed E-state index contributed by atoms with van der Waals surface area (Å²) < 4.78 is 41.1. The van der Waals surface area contributed by atoms with Gasteiger partial charge in [-0.2, -0.15) is 18.3 Å². The lowest BCUT2D eigenvalue weighted by molar-refractivity contribution is -0.138. The number of anilines is 1. The minimum absolute atomic E-state index is 0.285. The van der Waals surface area contributed by atoms with E-state index in [1.54, 1.807) is 6.07 Å². The van der Waals surface area contributed by atoms with Gasteiger partial charge in [-0.25, -0.2) is 19.6 Å². The summed E-state index contributed by atoms with van der Waals surface area (Å²) in [5.74, 6) is 0.571. The third kappa shape index (κ3) is 3.89. The predicted molar refractivity (Wildman–Crippen MR) is 96.5 cm³/mol. The Bertz CT molecular complexity index is 999. The maximum atomic E-state index is 13.2. The minimum Gasteiger partial charge on any atom is -0.353 e. The van der Waals surface area contributed by atoms with E-state index in [2.05, 4.69) is 20.1 Å². The molecule has 4 rings (SSSR count). The van der Waals surface area contributed by atoms with Crippen molar-refractivity contribution in [2.75, 3.05) is 31.1 Å². The van der Waals surface area contributed by atoms with Gasteiger partial charge in [0.1, 0.15) is 24.8 Å². The first-order valence-corrected chi connectivity index (χ1v) is 8.81. The lowest BCUT2D eigenvalue weighted by Gasteiger charge is -2.35. The smallest absolute Gasteiger partial charge is 0.353 e. The van der Waals surface area contributed by atoms with E-state index < -0.39 is 17.6 Å². The summed E-state index contributed by atoms with van der Waals surface area (Å²) >= 11 is 0. The molecule has 0 atom stereocenters. The second-order valence-corrected chi connectivity index (χ2v) is 6.40. The Morgan fingerprint density at radius 2 is 1.69 bits per heavy atom. The Hall–Kier alpha value is -3.50. The molecule has 0 spiro atoms. The lowest BCUT2D eigenvalue weighted by atomic mass is 10.1. The second-order valence-electron chi connectivity index (χ2n) is 6.40. The fourth-order valence-corrected chi connectivity index (χ4v) is 3.19. The minimum atomic E-state index is -4.58. The van der Waals surface area contributed by atoms with Crippen molar-refractivity contribution in [3.8, 4) is 5.82 Å². The van der Waals surface area contributed by atoms with E-state index in [1.165, 1.54) is 46.8 Å². The van der Waals surface area contributed by atoms with Crippen LogP contribution in [0.1, 0.15) is 15.9 Å². The van der Waals surface area contributed by atoms with E-state index in [4.69, 9.17) is 0 Å². The van der Waals surface area contributed by atoms with Gasteiger partial charge in [0.15, 0.2) is 5.82 Å². The van der Waals surface area contributed by atoms with E-state index in [-0.39, 0.29) is 18.7 Å². The van der Waals surface area contributed by atoms with Gasteiger partial charge in [0.25, 0.3) is 5.91 Å². The summed E-state index contributed by atoms with van der Waals surface area (Å²) in [6, 6.07) is 6.60. The third-order valence-electron chi connectivity index (χ3n) is 4.65.